The average molecular weight is 409 g/mol. The lowest BCUT2D eigenvalue weighted by Crippen LogP contribution is -2.23. The van der Waals surface area contributed by atoms with E-state index in [1.165, 1.54) is 16.5 Å². The first kappa shape index (κ1) is 19.2. The van der Waals surface area contributed by atoms with Crippen LogP contribution < -0.4 is 5.32 Å². The van der Waals surface area contributed by atoms with Crippen molar-refractivity contribution in [3.63, 3.8) is 0 Å². The van der Waals surface area contributed by atoms with Crippen LogP contribution in [0.5, 0.6) is 0 Å². The van der Waals surface area contributed by atoms with Gasteiger partial charge in [0.05, 0.1) is 36.0 Å². The maximum atomic E-state index is 8.86. The number of aryl methyl sites for hydroxylation is 1. The number of pyridine rings is 1. The van der Waals surface area contributed by atoms with Crippen LogP contribution in [0.1, 0.15) is 35.8 Å². The highest BCUT2D eigenvalue weighted by Crippen LogP contribution is 2.33. The number of hydrogen-bond donors (Lipinski definition) is 1. The van der Waals surface area contributed by atoms with Crippen LogP contribution in [0.2, 0.25) is 0 Å². The fraction of sp³-hybridized carbons (Fsp3) is 0.250. The summed E-state index contributed by atoms with van der Waals surface area (Å²) >= 11 is 0. The van der Waals surface area contributed by atoms with Crippen LogP contribution in [0, 0.1) is 11.3 Å². The van der Waals surface area contributed by atoms with E-state index in [-0.39, 0.29) is 6.04 Å². The molecule has 1 N–H and O–H groups in total. The van der Waals surface area contributed by atoms with Gasteiger partial charge in [0, 0.05) is 30.7 Å². The minimum Gasteiger partial charge on any atom is -0.350 e. The Balaban J connectivity index is 1.31. The molecule has 7 heteroatoms. The van der Waals surface area contributed by atoms with E-state index in [9.17, 15) is 0 Å². The van der Waals surface area contributed by atoms with Gasteiger partial charge in [-0.05, 0) is 43.1 Å². The Morgan fingerprint density at radius 2 is 2.00 bits per heavy atom. The van der Waals surface area contributed by atoms with Gasteiger partial charge in [0.1, 0.15) is 17.6 Å². The zero-order valence-corrected chi connectivity index (χ0v) is 17.4. The summed E-state index contributed by atoms with van der Waals surface area (Å²) in [6.07, 6.45) is 9.74. The molecule has 0 unspecified atom stereocenters. The van der Waals surface area contributed by atoms with Crippen LogP contribution in [0.15, 0.2) is 61.2 Å². The molecule has 0 aliphatic carbocycles. The van der Waals surface area contributed by atoms with E-state index in [1.54, 1.807) is 18.5 Å². The maximum absolute atomic E-state index is 8.86. The second-order valence-corrected chi connectivity index (χ2v) is 7.91. The molecule has 31 heavy (non-hydrogen) atoms. The molecule has 1 fully saturated rings. The smallest absolute Gasteiger partial charge is 0.148 e. The average Bonchev–Trinajstić information content (AvgIpc) is 3.40. The Labute approximate surface area is 181 Å². The Morgan fingerprint density at radius 1 is 1.10 bits per heavy atom. The first-order chi connectivity index (χ1) is 15.2. The number of hydrogen-bond acceptors (Lipinski definition) is 6. The molecule has 4 heterocycles. The third-order valence-corrected chi connectivity index (χ3v) is 5.88. The number of nitriles is 1. The van der Waals surface area contributed by atoms with Crippen molar-refractivity contribution in [1.29, 1.82) is 5.26 Å². The van der Waals surface area contributed by atoms with Gasteiger partial charge >= 0.3 is 0 Å². The fourth-order valence-corrected chi connectivity index (χ4v) is 4.38. The Bertz CT molecular complexity index is 1240. The first-order valence-corrected chi connectivity index (χ1v) is 10.4. The summed E-state index contributed by atoms with van der Waals surface area (Å²) in [5.74, 6) is 0.661. The largest absolute Gasteiger partial charge is 0.350 e. The van der Waals surface area contributed by atoms with Crippen molar-refractivity contribution in [3.05, 3.63) is 78.1 Å². The summed E-state index contributed by atoms with van der Waals surface area (Å²) in [7, 11) is 2.11. The molecule has 7 nitrogen and oxygen atoms in total. The summed E-state index contributed by atoms with van der Waals surface area (Å²) in [5, 5.41) is 13.4. The standard InChI is InChI=1S/C24H23N7/c1-30-15-17(20-5-2-3-6-22(20)30)16-31-10-4-7-23(31)21-13-28-24(14-27-21)29-19-9-8-18(11-25)26-12-19/h2-3,5-6,8-9,12-15,23H,4,7,10,16H2,1H3,(H,28,29)/t23-/m1/s1. The van der Waals surface area contributed by atoms with Crippen LogP contribution in [0.4, 0.5) is 11.5 Å². The zero-order chi connectivity index (χ0) is 21.2. The van der Waals surface area contributed by atoms with E-state index in [1.807, 2.05) is 18.3 Å². The number of likely N-dealkylation sites (tertiary alicyclic amines) is 1. The van der Waals surface area contributed by atoms with E-state index >= 15 is 0 Å². The third kappa shape index (κ3) is 3.86. The lowest BCUT2D eigenvalue weighted by Gasteiger charge is -2.23. The lowest BCUT2D eigenvalue weighted by atomic mass is 10.1. The van der Waals surface area contributed by atoms with Crippen LogP contribution in [-0.4, -0.2) is 31.0 Å². The number of nitrogens with one attached hydrogen (secondary N) is 1. The summed E-state index contributed by atoms with van der Waals surface area (Å²) in [4.78, 5) is 15.8. The van der Waals surface area contributed by atoms with Crippen molar-refractivity contribution in [2.24, 2.45) is 7.05 Å². The number of fused-ring (bicyclic) bond motifs is 1. The van der Waals surface area contributed by atoms with Crippen molar-refractivity contribution in [3.8, 4) is 6.07 Å². The highest BCUT2D eigenvalue weighted by molar-refractivity contribution is 5.83. The second-order valence-electron chi connectivity index (χ2n) is 7.91. The van der Waals surface area contributed by atoms with Gasteiger partial charge in [0.2, 0.25) is 0 Å². The van der Waals surface area contributed by atoms with E-state index in [4.69, 9.17) is 10.2 Å². The first-order valence-electron chi connectivity index (χ1n) is 10.4. The van der Waals surface area contributed by atoms with Crippen molar-refractivity contribution >= 4 is 22.4 Å². The van der Waals surface area contributed by atoms with Crippen molar-refractivity contribution in [2.45, 2.75) is 25.4 Å². The Hall–Kier alpha value is -3.76. The fourth-order valence-electron chi connectivity index (χ4n) is 4.38. The Kier molecular flexibility index (Phi) is 5.06. The third-order valence-electron chi connectivity index (χ3n) is 5.88. The summed E-state index contributed by atoms with van der Waals surface area (Å²) in [6, 6.07) is 14.3. The van der Waals surface area contributed by atoms with E-state index in [0.717, 1.165) is 37.3 Å². The molecular weight excluding hydrogens is 386 g/mol. The van der Waals surface area contributed by atoms with Crippen LogP contribution in [-0.2, 0) is 13.6 Å². The molecule has 5 rings (SSSR count). The topological polar surface area (TPSA) is 82.7 Å². The number of para-hydroxylation sites is 1. The molecule has 0 bridgehead atoms. The number of aromatic nitrogens is 4. The van der Waals surface area contributed by atoms with Gasteiger partial charge in [-0.15, -0.1) is 0 Å². The number of rotatable bonds is 5. The minimum atomic E-state index is 0.275. The molecule has 0 amide bonds. The molecule has 3 aromatic heterocycles. The molecule has 154 valence electrons. The monoisotopic (exact) mass is 409 g/mol. The van der Waals surface area contributed by atoms with Crippen LogP contribution in [0.25, 0.3) is 10.9 Å². The summed E-state index contributed by atoms with van der Waals surface area (Å²) in [6.45, 7) is 1.97. The normalized spacial score (nSPS) is 16.5. The van der Waals surface area contributed by atoms with E-state index in [0.29, 0.717) is 11.5 Å². The lowest BCUT2D eigenvalue weighted by molar-refractivity contribution is 0.245. The molecule has 0 spiro atoms. The Morgan fingerprint density at radius 3 is 2.77 bits per heavy atom. The molecule has 1 aliphatic heterocycles. The number of anilines is 2. The van der Waals surface area contributed by atoms with Gasteiger partial charge in [-0.2, -0.15) is 5.26 Å². The van der Waals surface area contributed by atoms with Crippen LogP contribution >= 0.6 is 0 Å². The van der Waals surface area contributed by atoms with Gasteiger partial charge in [-0.25, -0.2) is 9.97 Å². The number of nitrogens with zero attached hydrogens (tertiary/aromatic N) is 6. The minimum absolute atomic E-state index is 0.275. The molecule has 0 radical (unpaired) electrons. The molecular formula is C24H23N7. The predicted octanol–water partition coefficient (Wildman–Crippen LogP) is 4.32. The van der Waals surface area contributed by atoms with Crippen molar-refractivity contribution in [1.82, 2.24) is 24.4 Å². The number of benzene rings is 1. The molecule has 4 aromatic rings. The van der Waals surface area contributed by atoms with Gasteiger partial charge in [-0.3, -0.25) is 9.88 Å². The summed E-state index contributed by atoms with van der Waals surface area (Å²) in [5.41, 5.74) is 4.78. The highest BCUT2D eigenvalue weighted by atomic mass is 15.2. The molecule has 1 aliphatic rings. The SMILES string of the molecule is Cn1cc(CN2CCC[C@@H]2c2cnc(Nc3ccc(C#N)nc3)cn2)c2ccccc21. The van der Waals surface area contributed by atoms with Gasteiger partial charge < -0.3 is 9.88 Å². The highest BCUT2D eigenvalue weighted by Gasteiger charge is 2.28. The van der Waals surface area contributed by atoms with Gasteiger partial charge in [-0.1, -0.05) is 18.2 Å². The summed E-state index contributed by atoms with van der Waals surface area (Å²) < 4.78 is 2.20. The molecule has 1 atom stereocenters. The van der Waals surface area contributed by atoms with Crippen molar-refractivity contribution in [2.75, 3.05) is 11.9 Å². The zero-order valence-electron chi connectivity index (χ0n) is 17.4. The van der Waals surface area contributed by atoms with Gasteiger partial charge in [0.15, 0.2) is 0 Å². The van der Waals surface area contributed by atoms with Crippen LogP contribution in [0.3, 0.4) is 0 Å². The van der Waals surface area contributed by atoms with E-state index in [2.05, 4.69) is 62.3 Å². The quantitative estimate of drug-likeness (QED) is 0.529. The molecule has 1 saturated heterocycles. The molecule has 1 aromatic carbocycles. The maximum Gasteiger partial charge on any atom is 0.148 e. The second kappa shape index (κ2) is 8.17. The molecule has 0 saturated carbocycles. The van der Waals surface area contributed by atoms with Gasteiger partial charge in [0.25, 0.3) is 0 Å². The van der Waals surface area contributed by atoms with E-state index < -0.39 is 0 Å². The predicted molar refractivity (Wildman–Crippen MR) is 120 cm³/mol. The van der Waals surface area contributed by atoms with Crippen molar-refractivity contribution < 1.29 is 0 Å².